The third-order valence-corrected chi connectivity index (χ3v) is 6.08. The van der Waals surface area contributed by atoms with Gasteiger partial charge in [0.25, 0.3) is 11.8 Å². The smallest absolute Gasteiger partial charge is 0.254 e. The Morgan fingerprint density at radius 2 is 1.73 bits per heavy atom. The molecule has 3 rings (SSSR count). The van der Waals surface area contributed by atoms with Crippen LogP contribution in [0.2, 0.25) is 0 Å². The minimum absolute atomic E-state index is 0.0468. The van der Waals surface area contributed by atoms with Crippen molar-refractivity contribution in [3.63, 3.8) is 0 Å². The summed E-state index contributed by atoms with van der Waals surface area (Å²) in [7, 11) is 3.14. The highest BCUT2D eigenvalue weighted by Crippen LogP contribution is 2.31. The Bertz CT molecular complexity index is 959. The van der Waals surface area contributed by atoms with E-state index in [9.17, 15) is 9.59 Å². The summed E-state index contributed by atoms with van der Waals surface area (Å²) in [6, 6.07) is 8.98. The van der Waals surface area contributed by atoms with Gasteiger partial charge in [-0.2, -0.15) is 0 Å². The van der Waals surface area contributed by atoms with E-state index in [0.29, 0.717) is 48.2 Å². The molecule has 0 radical (unpaired) electrons. The Labute approximate surface area is 196 Å². The Morgan fingerprint density at radius 3 is 2.30 bits per heavy atom. The summed E-state index contributed by atoms with van der Waals surface area (Å²) in [5.41, 5.74) is 2.92. The van der Waals surface area contributed by atoms with E-state index in [1.807, 2.05) is 24.0 Å². The van der Waals surface area contributed by atoms with Gasteiger partial charge in [0.15, 0.2) is 0 Å². The molecule has 0 bridgehead atoms. The highest BCUT2D eigenvalue weighted by atomic mass is 16.5. The van der Waals surface area contributed by atoms with Gasteiger partial charge in [-0.3, -0.25) is 14.6 Å². The second-order valence-electron chi connectivity index (χ2n) is 8.99. The van der Waals surface area contributed by atoms with Gasteiger partial charge < -0.3 is 19.7 Å². The zero-order chi connectivity index (χ0) is 24.0. The van der Waals surface area contributed by atoms with Crippen LogP contribution < -0.4 is 14.8 Å². The number of rotatable bonds is 8. The van der Waals surface area contributed by atoms with E-state index in [1.165, 1.54) is 0 Å². The lowest BCUT2D eigenvalue weighted by atomic mass is 9.89. The molecule has 1 N–H and O–H groups in total. The predicted octanol–water partition coefficient (Wildman–Crippen LogP) is 4.20. The van der Waals surface area contributed by atoms with Crippen LogP contribution in [0.25, 0.3) is 0 Å². The summed E-state index contributed by atoms with van der Waals surface area (Å²) in [4.78, 5) is 32.5. The minimum atomic E-state index is -0.0693. The number of carbonyl (C=O) groups is 2. The molecule has 0 spiro atoms. The van der Waals surface area contributed by atoms with Crippen LogP contribution in [0.5, 0.6) is 11.5 Å². The molecule has 0 saturated carbocycles. The maximum Gasteiger partial charge on any atom is 0.254 e. The normalized spacial score (nSPS) is 14.3. The number of aromatic nitrogens is 1. The number of ether oxygens (including phenoxy) is 2. The van der Waals surface area contributed by atoms with Crippen LogP contribution in [0.15, 0.2) is 30.3 Å². The van der Waals surface area contributed by atoms with Crippen LogP contribution >= 0.6 is 0 Å². The number of hydrogen-bond acceptors (Lipinski definition) is 5. The van der Waals surface area contributed by atoms with Crippen molar-refractivity contribution in [2.24, 2.45) is 5.92 Å². The van der Waals surface area contributed by atoms with Crippen molar-refractivity contribution in [2.75, 3.05) is 33.9 Å². The lowest BCUT2D eigenvalue weighted by Gasteiger charge is -2.32. The standard InChI is InChI=1S/C26H35N3O4/c1-17(2)8-11-27-25(30)23-7-6-18(3)28-24(23)19-9-12-29(13-10-19)26(31)20-14-21(32-4)16-22(15-20)33-5/h6-7,14-17,19H,8-13H2,1-5H3,(H,27,30). The summed E-state index contributed by atoms with van der Waals surface area (Å²) in [5.74, 6) is 1.73. The van der Waals surface area contributed by atoms with Crippen molar-refractivity contribution in [1.82, 2.24) is 15.2 Å². The fourth-order valence-electron chi connectivity index (χ4n) is 4.12. The number of amides is 2. The molecule has 0 aliphatic carbocycles. The molecule has 1 saturated heterocycles. The summed E-state index contributed by atoms with van der Waals surface area (Å²) < 4.78 is 10.6. The molecule has 0 unspecified atom stereocenters. The molecular formula is C26H35N3O4. The summed E-state index contributed by atoms with van der Waals surface area (Å²) in [5, 5.41) is 3.03. The number of methoxy groups -OCH3 is 2. The van der Waals surface area contributed by atoms with E-state index in [0.717, 1.165) is 30.7 Å². The molecule has 7 nitrogen and oxygen atoms in total. The highest BCUT2D eigenvalue weighted by Gasteiger charge is 2.28. The summed E-state index contributed by atoms with van der Waals surface area (Å²) in [6.07, 6.45) is 2.46. The molecule has 2 amide bonds. The quantitative estimate of drug-likeness (QED) is 0.648. The van der Waals surface area contributed by atoms with Gasteiger partial charge in [0, 0.05) is 42.9 Å². The van der Waals surface area contributed by atoms with Crippen molar-refractivity contribution in [3.8, 4) is 11.5 Å². The number of nitrogens with one attached hydrogen (secondary N) is 1. The average molecular weight is 454 g/mol. The molecule has 2 heterocycles. The van der Waals surface area contributed by atoms with E-state index < -0.39 is 0 Å². The fourth-order valence-corrected chi connectivity index (χ4v) is 4.12. The zero-order valence-corrected chi connectivity index (χ0v) is 20.3. The number of benzene rings is 1. The molecule has 1 aliphatic rings. The average Bonchev–Trinajstić information content (AvgIpc) is 2.82. The predicted molar refractivity (Wildman–Crippen MR) is 128 cm³/mol. The number of pyridine rings is 1. The van der Waals surface area contributed by atoms with Gasteiger partial charge in [-0.15, -0.1) is 0 Å². The number of carbonyl (C=O) groups excluding carboxylic acids is 2. The van der Waals surface area contributed by atoms with Crippen LogP contribution in [0.4, 0.5) is 0 Å². The van der Waals surface area contributed by atoms with E-state index in [1.54, 1.807) is 32.4 Å². The van der Waals surface area contributed by atoms with Crippen molar-refractivity contribution in [3.05, 3.63) is 52.8 Å². The fraction of sp³-hybridized carbons (Fsp3) is 0.500. The first-order valence-corrected chi connectivity index (χ1v) is 11.6. The van der Waals surface area contributed by atoms with E-state index >= 15 is 0 Å². The molecule has 2 aromatic rings. The molecule has 1 aliphatic heterocycles. The molecular weight excluding hydrogens is 418 g/mol. The number of hydrogen-bond donors (Lipinski definition) is 1. The Balaban J connectivity index is 1.70. The van der Waals surface area contributed by atoms with Crippen molar-refractivity contribution in [2.45, 2.75) is 46.0 Å². The molecule has 178 valence electrons. The first kappa shape index (κ1) is 24.6. The molecule has 33 heavy (non-hydrogen) atoms. The first-order chi connectivity index (χ1) is 15.8. The Morgan fingerprint density at radius 1 is 1.09 bits per heavy atom. The largest absolute Gasteiger partial charge is 0.497 e. The topological polar surface area (TPSA) is 80.8 Å². The van der Waals surface area contributed by atoms with Gasteiger partial charge in [-0.25, -0.2) is 0 Å². The lowest BCUT2D eigenvalue weighted by molar-refractivity contribution is 0.0709. The SMILES string of the molecule is COc1cc(OC)cc(C(=O)N2CCC(c3nc(C)ccc3C(=O)NCCC(C)C)CC2)c1. The van der Waals surface area contributed by atoms with Crippen molar-refractivity contribution >= 4 is 11.8 Å². The maximum atomic E-state index is 13.1. The zero-order valence-electron chi connectivity index (χ0n) is 20.3. The monoisotopic (exact) mass is 453 g/mol. The molecule has 7 heteroatoms. The van der Waals surface area contributed by atoms with Gasteiger partial charge >= 0.3 is 0 Å². The van der Waals surface area contributed by atoms with Crippen LogP contribution in [0.1, 0.15) is 71.1 Å². The molecule has 1 fully saturated rings. The van der Waals surface area contributed by atoms with Crippen LogP contribution in [0.3, 0.4) is 0 Å². The van der Waals surface area contributed by atoms with E-state index in [4.69, 9.17) is 14.5 Å². The van der Waals surface area contributed by atoms with Gasteiger partial charge in [0.1, 0.15) is 11.5 Å². The number of likely N-dealkylation sites (tertiary alicyclic amines) is 1. The van der Waals surface area contributed by atoms with Crippen LogP contribution in [-0.2, 0) is 0 Å². The Hall–Kier alpha value is -3.09. The maximum absolute atomic E-state index is 13.1. The van der Waals surface area contributed by atoms with Gasteiger partial charge in [0.05, 0.1) is 25.5 Å². The minimum Gasteiger partial charge on any atom is -0.497 e. The summed E-state index contributed by atoms with van der Waals surface area (Å²) >= 11 is 0. The highest BCUT2D eigenvalue weighted by molar-refractivity contribution is 5.96. The van der Waals surface area contributed by atoms with Gasteiger partial charge in [-0.05, 0) is 56.4 Å². The second kappa shape index (κ2) is 11.2. The van der Waals surface area contributed by atoms with E-state index in [-0.39, 0.29) is 17.7 Å². The third-order valence-electron chi connectivity index (χ3n) is 6.08. The third kappa shape index (κ3) is 6.24. The van der Waals surface area contributed by atoms with E-state index in [2.05, 4.69) is 19.2 Å². The number of aryl methyl sites for hydroxylation is 1. The number of nitrogens with zero attached hydrogens (tertiary/aromatic N) is 2. The molecule has 1 aromatic carbocycles. The molecule has 0 atom stereocenters. The Kier molecular flexibility index (Phi) is 8.31. The van der Waals surface area contributed by atoms with Crippen LogP contribution in [-0.4, -0.2) is 55.6 Å². The summed E-state index contributed by atoms with van der Waals surface area (Å²) in [6.45, 7) is 8.09. The van der Waals surface area contributed by atoms with Gasteiger partial charge in [0.2, 0.25) is 0 Å². The van der Waals surface area contributed by atoms with Gasteiger partial charge in [-0.1, -0.05) is 13.8 Å². The molecule has 1 aromatic heterocycles. The van der Waals surface area contributed by atoms with Crippen LogP contribution in [0, 0.1) is 12.8 Å². The van der Waals surface area contributed by atoms with Crippen molar-refractivity contribution in [1.29, 1.82) is 0 Å². The number of piperidine rings is 1. The second-order valence-corrected chi connectivity index (χ2v) is 8.99. The van der Waals surface area contributed by atoms with Crippen molar-refractivity contribution < 1.29 is 19.1 Å². The lowest BCUT2D eigenvalue weighted by Crippen LogP contribution is -2.38. The first-order valence-electron chi connectivity index (χ1n) is 11.6.